The Hall–Kier alpha value is -2.97. The summed E-state index contributed by atoms with van der Waals surface area (Å²) in [6.45, 7) is 0.0779. The largest absolute Gasteiger partial charge is 0.350 e. The van der Waals surface area contributed by atoms with Gasteiger partial charge in [-0.15, -0.1) is 0 Å². The number of nitrogens with zero attached hydrogens (tertiary/aromatic N) is 4. The Morgan fingerprint density at radius 2 is 1.90 bits per heavy atom. The molecular weight excluding hydrogens is 458 g/mol. The minimum Gasteiger partial charge on any atom is -0.350 e. The van der Waals surface area contributed by atoms with Crippen molar-refractivity contribution < 1.29 is 4.79 Å². The van der Waals surface area contributed by atoms with Crippen LogP contribution < -0.4 is 10.9 Å². The number of rotatable bonds is 5. The van der Waals surface area contributed by atoms with Gasteiger partial charge < -0.3 is 5.32 Å². The van der Waals surface area contributed by atoms with Gasteiger partial charge in [0.05, 0.1) is 5.69 Å². The molecule has 4 rings (SSSR count). The van der Waals surface area contributed by atoms with Crippen molar-refractivity contribution in [2.75, 3.05) is 0 Å². The molecule has 1 N–H and O–H groups in total. The number of hydrogen-bond donors (Lipinski definition) is 1. The molecule has 0 saturated carbocycles. The SMILES string of the molecule is O=C(Cn1ncn2nc(-c3ccc(Br)cc3)cc2c1=O)NCc1ccccc1Cl. The molecule has 0 fully saturated rings. The molecule has 0 unspecified atom stereocenters. The Balaban J connectivity index is 1.53. The van der Waals surface area contributed by atoms with Crippen molar-refractivity contribution in [3.8, 4) is 11.3 Å². The number of amides is 1. The summed E-state index contributed by atoms with van der Waals surface area (Å²) >= 11 is 9.48. The second kappa shape index (κ2) is 8.18. The fourth-order valence-corrected chi connectivity index (χ4v) is 3.31. The van der Waals surface area contributed by atoms with Crippen molar-refractivity contribution in [3.63, 3.8) is 0 Å². The highest BCUT2D eigenvalue weighted by molar-refractivity contribution is 9.10. The third-order valence-electron chi connectivity index (χ3n) is 4.36. The fraction of sp³-hybridized carbons (Fsp3) is 0.100. The lowest BCUT2D eigenvalue weighted by Crippen LogP contribution is -2.34. The molecule has 4 aromatic rings. The van der Waals surface area contributed by atoms with Crippen LogP contribution in [-0.2, 0) is 17.9 Å². The zero-order chi connectivity index (χ0) is 20.4. The summed E-state index contributed by atoms with van der Waals surface area (Å²) in [5.74, 6) is -0.337. The third kappa shape index (κ3) is 4.23. The molecule has 0 spiro atoms. The van der Waals surface area contributed by atoms with Gasteiger partial charge >= 0.3 is 0 Å². The first-order valence-corrected chi connectivity index (χ1v) is 9.90. The number of aromatic nitrogens is 4. The van der Waals surface area contributed by atoms with E-state index in [1.165, 1.54) is 10.8 Å². The van der Waals surface area contributed by atoms with Crippen molar-refractivity contribution in [1.82, 2.24) is 24.7 Å². The summed E-state index contributed by atoms with van der Waals surface area (Å²) in [5, 5.41) is 11.8. The summed E-state index contributed by atoms with van der Waals surface area (Å²) in [4.78, 5) is 25.0. The first-order valence-electron chi connectivity index (χ1n) is 8.73. The van der Waals surface area contributed by atoms with Gasteiger partial charge in [-0.3, -0.25) is 9.59 Å². The van der Waals surface area contributed by atoms with E-state index in [-0.39, 0.29) is 19.0 Å². The maximum Gasteiger partial charge on any atom is 0.293 e. The van der Waals surface area contributed by atoms with Gasteiger partial charge in [0.2, 0.25) is 5.91 Å². The van der Waals surface area contributed by atoms with Crippen LogP contribution in [0.15, 0.2) is 70.2 Å². The predicted molar refractivity (Wildman–Crippen MR) is 114 cm³/mol. The number of fused-ring (bicyclic) bond motifs is 1. The minimum absolute atomic E-state index is 0.196. The lowest BCUT2D eigenvalue weighted by atomic mass is 10.1. The minimum atomic E-state index is -0.392. The number of carbonyl (C=O) groups is 1. The Morgan fingerprint density at radius 1 is 1.14 bits per heavy atom. The van der Waals surface area contributed by atoms with Crippen molar-refractivity contribution in [2.24, 2.45) is 0 Å². The molecule has 0 atom stereocenters. The normalized spacial score (nSPS) is 11.0. The fourth-order valence-electron chi connectivity index (χ4n) is 2.84. The number of nitrogens with one attached hydrogen (secondary N) is 1. The van der Waals surface area contributed by atoms with Crippen molar-refractivity contribution in [3.05, 3.63) is 86.3 Å². The average Bonchev–Trinajstić information content (AvgIpc) is 3.15. The van der Waals surface area contributed by atoms with Gasteiger partial charge in [0, 0.05) is 21.6 Å². The summed E-state index contributed by atoms with van der Waals surface area (Å²) in [6.07, 6.45) is 1.42. The van der Waals surface area contributed by atoms with E-state index in [1.54, 1.807) is 12.1 Å². The van der Waals surface area contributed by atoms with Crippen LogP contribution in [0.1, 0.15) is 5.56 Å². The highest BCUT2D eigenvalue weighted by atomic mass is 79.9. The monoisotopic (exact) mass is 471 g/mol. The number of benzene rings is 2. The lowest BCUT2D eigenvalue weighted by Gasteiger charge is -2.08. The Bertz CT molecular complexity index is 1250. The van der Waals surface area contributed by atoms with E-state index in [0.717, 1.165) is 20.3 Å². The summed E-state index contributed by atoms with van der Waals surface area (Å²) in [7, 11) is 0. The predicted octanol–water partition coefficient (Wildman–Crippen LogP) is 3.29. The van der Waals surface area contributed by atoms with E-state index in [9.17, 15) is 9.59 Å². The van der Waals surface area contributed by atoms with Gasteiger partial charge in [-0.2, -0.15) is 10.2 Å². The van der Waals surface area contributed by atoms with Crippen LogP contribution in [0.2, 0.25) is 5.02 Å². The van der Waals surface area contributed by atoms with Crippen LogP contribution in [0.25, 0.3) is 16.8 Å². The van der Waals surface area contributed by atoms with Gasteiger partial charge in [0.1, 0.15) is 18.4 Å². The Morgan fingerprint density at radius 3 is 2.66 bits per heavy atom. The van der Waals surface area contributed by atoms with E-state index >= 15 is 0 Å². The standard InChI is InChI=1S/C20H15BrClN5O2/c21-15-7-5-13(6-8-15)17-9-18-20(29)26(24-12-27(18)25-17)11-19(28)23-10-14-3-1-2-4-16(14)22/h1-9,12H,10-11H2,(H,23,28). The molecule has 7 nitrogen and oxygen atoms in total. The van der Waals surface area contributed by atoms with Gasteiger partial charge in [-0.25, -0.2) is 9.20 Å². The Labute approximate surface area is 179 Å². The molecule has 29 heavy (non-hydrogen) atoms. The maximum absolute atomic E-state index is 12.7. The molecule has 0 aliphatic rings. The molecule has 0 saturated heterocycles. The quantitative estimate of drug-likeness (QED) is 0.483. The van der Waals surface area contributed by atoms with Gasteiger partial charge in [-0.1, -0.05) is 57.9 Å². The molecule has 2 heterocycles. The van der Waals surface area contributed by atoms with E-state index < -0.39 is 5.56 Å². The smallest absolute Gasteiger partial charge is 0.293 e. The zero-order valence-electron chi connectivity index (χ0n) is 15.0. The highest BCUT2D eigenvalue weighted by Crippen LogP contribution is 2.20. The molecule has 146 valence electrons. The second-order valence-corrected chi connectivity index (χ2v) is 7.65. The van der Waals surface area contributed by atoms with Crippen molar-refractivity contribution >= 4 is 39.0 Å². The summed E-state index contributed by atoms with van der Waals surface area (Å²) in [6, 6.07) is 16.5. The molecule has 0 radical (unpaired) electrons. The summed E-state index contributed by atoms with van der Waals surface area (Å²) < 4.78 is 3.49. The molecule has 0 aliphatic heterocycles. The molecule has 2 aromatic carbocycles. The topological polar surface area (TPSA) is 81.3 Å². The molecule has 2 aromatic heterocycles. The Kier molecular flexibility index (Phi) is 5.46. The summed E-state index contributed by atoms with van der Waals surface area (Å²) in [5.41, 5.74) is 2.28. The van der Waals surface area contributed by atoms with Crippen LogP contribution in [0.3, 0.4) is 0 Å². The van der Waals surface area contributed by atoms with E-state index in [2.05, 4.69) is 31.4 Å². The van der Waals surface area contributed by atoms with Crippen LogP contribution in [-0.4, -0.2) is 25.3 Å². The number of hydrogen-bond acceptors (Lipinski definition) is 4. The molecule has 1 amide bonds. The lowest BCUT2D eigenvalue weighted by molar-refractivity contribution is -0.122. The van der Waals surface area contributed by atoms with Crippen LogP contribution in [0, 0.1) is 0 Å². The zero-order valence-corrected chi connectivity index (χ0v) is 17.4. The molecular formula is C20H15BrClN5O2. The van der Waals surface area contributed by atoms with Crippen LogP contribution in [0.4, 0.5) is 0 Å². The van der Waals surface area contributed by atoms with E-state index in [4.69, 9.17) is 11.6 Å². The van der Waals surface area contributed by atoms with Crippen LogP contribution in [0.5, 0.6) is 0 Å². The molecule has 0 aliphatic carbocycles. The van der Waals surface area contributed by atoms with Gasteiger partial charge in [0.15, 0.2) is 0 Å². The molecule has 0 bridgehead atoms. The first-order chi connectivity index (χ1) is 14.0. The molecule has 9 heteroatoms. The van der Waals surface area contributed by atoms with E-state index in [0.29, 0.717) is 16.2 Å². The number of carbonyl (C=O) groups excluding carboxylic acids is 1. The average molecular weight is 473 g/mol. The second-order valence-electron chi connectivity index (χ2n) is 6.33. The van der Waals surface area contributed by atoms with Crippen molar-refractivity contribution in [1.29, 1.82) is 0 Å². The third-order valence-corrected chi connectivity index (χ3v) is 5.25. The first kappa shape index (κ1) is 19.4. The van der Waals surface area contributed by atoms with Gasteiger partial charge in [-0.05, 0) is 29.8 Å². The maximum atomic E-state index is 12.7. The number of halogens is 2. The van der Waals surface area contributed by atoms with E-state index in [1.807, 2.05) is 42.5 Å². The van der Waals surface area contributed by atoms with Crippen LogP contribution >= 0.6 is 27.5 Å². The highest BCUT2D eigenvalue weighted by Gasteiger charge is 2.12. The van der Waals surface area contributed by atoms with Gasteiger partial charge in [0.25, 0.3) is 5.56 Å². The van der Waals surface area contributed by atoms with Crippen molar-refractivity contribution in [2.45, 2.75) is 13.1 Å².